The molecule has 26 heavy (non-hydrogen) atoms. The van der Waals surface area contributed by atoms with Crippen LogP contribution in [-0.4, -0.2) is 44.1 Å². The number of nitrogen functional groups attached to an aromatic ring is 1. The molecule has 0 radical (unpaired) electrons. The van der Waals surface area contributed by atoms with E-state index in [0.717, 1.165) is 30.6 Å². The Kier molecular flexibility index (Phi) is 4.35. The molecule has 1 aromatic carbocycles. The third-order valence-electron chi connectivity index (χ3n) is 4.76. The lowest BCUT2D eigenvalue weighted by Gasteiger charge is -2.32. The van der Waals surface area contributed by atoms with Crippen LogP contribution in [0, 0.1) is 0 Å². The van der Waals surface area contributed by atoms with E-state index in [0.29, 0.717) is 17.8 Å². The number of aromatic amines is 1. The zero-order chi connectivity index (χ0) is 17.9. The van der Waals surface area contributed by atoms with Crippen molar-refractivity contribution in [1.82, 2.24) is 25.1 Å². The molecule has 1 atom stereocenters. The number of likely N-dealkylation sites (tertiary alicyclic amines) is 1. The lowest BCUT2D eigenvalue weighted by molar-refractivity contribution is 0.0706. The van der Waals surface area contributed by atoms with Crippen LogP contribution in [0.5, 0.6) is 0 Å². The summed E-state index contributed by atoms with van der Waals surface area (Å²) in [7, 11) is 0. The maximum Gasteiger partial charge on any atom is 0.257 e. The molecule has 7 heteroatoms. The number of piperidine rings is 1. The SMILES string of the molecule is Nc1ncc(C(=O)N2CCC[C@@H](c3ccn[nH]3)C2)c(-c2ccccc2)n1. The van der Waals surface area contributed by atoms with E-state index in [1.165, 1.54) is 6.20 Å². The van der Waals surface area contributed by atoms with Crippen LogP contribution >= 0.6 is 0 Å². The van der Waals surface area contributed by atoms with Crippen molar-refractivity contribution in [2.24, 2.45) is 0 Å². The van der Waals surface area contributed by atoms with Crippen molar-refractivity contribution in [3.05, 3.63) is 60.0 Å². The van der Waals surface area contributed by atoms with Crippen LogP contribution in [0.15, 0.2) is 48.8 Å². The van der Waals surface area contributed by atoms with E-state index in [4.69, 9.17) is 5.73 Å². The highest BCUT2D eigenvalue weighted by molar-refractivity contribution is 5.99. The number of anilines is 1. The number of nitrogens with two attached hydrogens (primary N) is 1. The number of carbonyl (C=O) groups excluding carboxylic acids is 1. The molecule has 2 aromatic heterocycles. The van der Waals surface area contributed by atoms with Gasteiger partial charge in [-0.2, -0.15) is 5.10 Å². The summed E-state index contributed by atoms with van der Waals surface area (Å²) in [4.78, 5) is 23.5. The number of hydrogen-bond donors (Lipinski definition) is 2. The molecular formula is C19H20N6O. The molecule has 0 aliphatic carbocycles. The Hall–Kier alpha value is -3.22. The molecule has 7 nitrogen and oxygen atoms in total. The van der Waals surface area contributed by atoms with Gasteiger partial charge in [-0.05, 0) is 18.9 Å². The van der Waals surface area contributed by atoms with Crippen molar-refractivity contribution in [3.8, 4) is 11.3 Å². The molecule has 1 amide bonds. The molecule has 1 aliphatic heterocycles. The molecule has 0 bridgehead atoms. The van der Waals surface area contributed by atoms with Crippen LogP contribution in [0.25, 0.3) is 11.3 Å². The van der Waals surface area contributed by atoms with Gasteiger partial charge < -0.3 is 10.6 Å². The third kappa shape index (κ3) is 3.15. The Bertz CT molecular complexity index is 894. The Labute approximate surface area is 151 Å². The smallest absolute Gasteiger partial charge is 0.257 e. The normalized spacial score (nSPS) is 17.2. The molecule has 132 valence electrons. The molecule has 1 aliphatic rings. The Balaban J connectivity index is 1.64. The number of rotatable bonds is 3. The molecule has 1 fully saturated rings. The van der Waals surface area contributed by atoms with Crippen molar-refractivity contribution in [1.29, 1.82) is 0 Å². The number of carbonyl (C=O) groups is 1. The Morgan fingerprint density at radius 2 is 2.08 bits per heavy atom. The van der Waals surface area contributed by atoms with Crippen LogP contribution in [0.4, 0.5) is 5.95 Å². The summed E-state index contributed by atoms with van der Waals surface area (Å²) in [6, 6.07) is 11.6. The highest BCUT2D eigenvalue weighted by Gasteiger charge is 2.28. The molecule has 3 heterocycles. The van der Waals surface area contributed by atoms with Crippen LogP contribution in [0.1, 0.15) is 34.8 Å². The van der Waals surface area contributed by atoms with Gasteiger partial charge in [0.1, 0.15) is 0 Å². The number of nitrogens with one attached hydrogen (secondary N) is 1. The number of hydrogen-bond acceptors (Lipinski definition) is 5. The second-order valence-electron chi connectivity index (χ2n) is 6.46. The van der Waals surface area contributed by atoms with Crippen LogP contribution in [0.2, 0.25) is 0 Å². The molecule has 0 spiro atoms. The van der Waals surface area contributed by atoms with Gasteiger partial charge in [-0.15, -0.1) is 0 Å². The quantitative estimate of drug-likeness (QED) is 0.757. The first-order valence-electron chi connectivity index (χ1n) is 8.69. The number of aromatic nitrogens is 4. The summed E-state index contributed by atoms with van der Waals surface area (Å²) < 4.78 is 0. The maximum absolute atomic E-state index is 13.2. The topological polar surface area (TPSA) is 101 Å². The molecule has 3 aromatic rings. The first-order chi connectivity index (χ1) is 12.7. The van der Waals surface area contributed by atoms with Crippen LogP contribution in [-0.2, 0) is 0 Å². The second kappa shape index (κ2) is 6.95. The van der Waals surface area contributed by atoms with Gasteiger partial charge in [0, 0.05) is 42.7 Å². The van der Waals surface area contributed by atoms with Crippen molar-refractivity contribution < 1.29 is 4.79 Å². The molecule has 1 saturated heterocycles. The minimum absolute atomic E-state index is 0.0620. The van der Waals surface area contributed by atoms with Gasteiger partial charge in [0.15, 0.2) is 0 Å². The third-order valence-corrected chi connectivity index (χ3v) is 4.76. The summed E-state index contributed by atoms with van der Waals surface area (Å²) >= 11 is 0. The fourth-order valence-electron chi connectivity index (χ4n) is 3.45. The van der Waals surface area contributed by atoms with Gasteiger partial charge in [0.2, 0.25) is 5.95 Å². The van der Waals surface area contributed by atoms with Crippen LogP contribution in [0.3, 0.4) is 0 Å². The summed E-state index contributed by atoms with van der Waals surface area (Å²) in [5.74, 6) is 0.368. The highest BCUT2D eigenvalue weighted by atomic mass is 16.2. The highest BCUT2D eigenvalue weighted by Crippen LogP contribution is 2.28. The van der Waals surface area contributed by atoms with E-state index in [1.807, 2.05) is 41.3 Å². The van der Waals surface area contributed by atoms with Gasteiger partial charge in [0.05, 0.1) is 11.3 Å². The maximum atomic E-state index is 13.2. The number of benzene rings is 1. The predicted octanol–water partition coefficient (Wildman–Crippen LogP) is 2.47. The zero-order valence-electron chi connectivity index (χ0n) is 14.3. The van der Waals surface area contributed by atoms with E-state index in [2.05, 4.69) is 20.2 Å². The molecule has 3 N–H and O–H groups in total. The summed E-state index contributed by atoms with van der Waals surface area (Å²) in [5.41, 5.74) is 8.75. The first kappa shape index (κ1) is 16.3. The monoisotopic (exact) mass is 348 g/mol. The summed E-state index contributed by atoms with van der Waals surface area (Å²) in [6.07, 6.45) is 5.27. The summed E-state index contributed by atoms with van der Waals surface area (Å²) in [6.45, 7) is 1.38. The fourth-order valence-corrected chi connectivity index (χ4v) is 3.45. The van der Waals surface area contributed by atoms with Crippen molar-refractivity contribution in [2.45, 2.75) is 18.8 Å². The van der Waals surface area contributed by atoms with Crippen LogP contribution < -0.4 is 5.73 Å². The van der Waals surface area contributed by atoms with Crippen molar-refractivity contribution >= 4 is 11.9 Å². The lowest BCUT2D eigenvalue weighted by atomic mass is 9.94. The standard InChI is InChI=1S/C19H20N6O/c20-19-21-11-15(17(23-19)13-5-2-1-3-6-13)18(26)25-10-4-7-14(12-25)16-8-9-22-24-16/h1-3,5-6,8-9,11,14H,4,7,10,12H2,(H,22,24)(H2,20,21,23)/t14-/m1/s1. The van der Waals surface area contributed by atoms with Crippen molar-refractivity contribution in [2.75, 3.05) is 18.8 Å². The summed E-state index contributed by atoms with van der Waals surface area (Å²) in [5, 5.41) is 7.05. The first-order valence-corrected chi connectivity index (χ1v) is 8.69. The average molecular weight is 348 g/mol. The van der Waals surface area contributed by atoms with Gasteiger partial charge in [-0.1, -0.05) is 30.3 Å². The molecule has 0 saturated carbocycles. The number of amides is 1. The van der Waals surface area contributed by atoms with E-state index in [-0.39, 0.29) is 17.8 Å². The predicted molar refractivity (Wildman–Crippen MR) is 98.3 cm³/mol. The molecular weight excluding hydrogens is 328 g/mol. The zero-order valence-corrected chi connectivity index (χ0v) is 14.3. The Morgan fingerprint density at radius 1 is 1.23 bits per heavy atom. The minimum atomic E-state index is -0.0620. The second-order valence-corrected chi connectivity index (χ2v) is 6.46. The van der Waals surface area contributed by atoms with Gasteiger partial charge in [0.25, 0.3) is 5.91 Å². The number of nitrogens with zero attached hydrogens (tertiary/aromatic N) is 4. The van der Waals surface area contributed by atoms with Crippen molar-refractivity contribution in [3.63, 3.8) is 0 Å². The average Bonchev–Trinajstić information content (AvgIpc) is 3.23. The molecule has 0 unspecified atom stereocenters. The Morgan fingerprint density at radius 3 is 2.85 bits per heavy atom. The van der Waals surface area contributed by atoms with E-state index in [9.17, 15) is 4.79 Å². The van der Waals surface area contributed by atoms with E-state index < -0.39 is 0 Å². The minimum Gasteiger partial charge on any atom is -0.368 e. The fraction of sp³-hybridized carbons (Fsp3) is 0.263. The molecule has 4 rings (SSSR count). The number of H-pyrrole nitrogens is 1. The van der Waals surface area contributed by atoms with Gasteiger partial charge in [-0.3, -0.25) is 9.89 Å². The van der Waals surface area contributed by atoms with Gasteiger partial charge in [-0.25, -0.2) is 9.97 Å². The van der Waals surface area contributed by atoms with E-state index >= 15 is 0 Å². The van der Waals surface area contributed by atoms with E-state index in [1.54, 1.807) is 6.20 Å². The lowest BCUT2D eigenvalue weighted by Crippen LogP contribution is -2.39. The largest absolute Gasteiger partial charge is 0.368 e. The van der Waals surface area contributed by atoms with Gasteiger partial charge >= 0.3 is 0 Å².